The van der Waals surface area contributed by atoms with Crippen molar-refractivity contribution >= 4 is 17.2 Å². The molecule has 4 heteroatoms. The zero-order valence-corrected chi connectivity index (χ0v) is 13.6. The summed E-state index contributed by atoms with van der Waals surface area (Å²) in [4.78, 5) is 17.1. The zero-order chi connectivity index (χ0) is 15.5. The number of carbonyl (C=O) groups is 1. The third-order valence-electron chi connectivity index (χ3n) is 4.13. The summed E-state index contributed by atoms with van der Waals surface area (Å²) < 4.78 is 0. The van der Waals surface area contributed by atoms with E-state index in [9.17, 15) is 9.90 Å². The molecular formula is C18H21NO2S. The largest absolute Gasteiger partial charge is 0.395 e. The number of carbonyl (C=O) groups excluding carboxylic acids is 1. The fourth-order valence-electron chi connectivity index (χ4n) is 2.86. The summed E-state index contributed by atoms with van der Waals surface area (Å²) in [5, 5.41) is 9.26. The molecule has 1 aliphatic carbocycles. The summed E-state index contributed by atoms with van der Waals surface area (Å²) in [6.45, 7) is 3.09. The highest BCUT2D eigenvalue weighted by atomic mass is 32.1. The van der Waals surface area contributed by atoms with Gasteiger partial charge in [-0.3, -0.25) is 4.79 Å². The van der Waals surface area contributed by atoms with Gasteiger partial charge >= 0.3 is 0 Å². The van der Waals surface area contributed by atoms with Gasteiger partial charge in [-0.15, -0.1) is 11.3 Å². The number of amides is 1. The summed E-state index contributed by atoms with van der Waals surface area (Å²) in [7, 11) is 0. The van der Waals surface area contributed by atoms with Crippen LogP contribution >= 0.6 is 11.3 Å². The summed E-state index contributed by atoms with van der Waals surface area (Å²) in [5.41, 5.74) is 1.11. The van der Waals surface area contributed by atoms with Gasteiger partial charge < -0.3 is 10.0 Å². The number of benzene rings is 1. The van der Waals surface area contributed by atoms with Crippen LogP contribution in [0.2, 0.25) is 0 Å². The van der Waals surface area contributed by atoms with Crippen LogP contribution < -0.4 is 0 Å². The van der Waals surface area contributed by atoms with Gasteiger partial charge in [-0.05, 0) is 31.0 Å². The molecule has 0 aliphatic heterocycles. The average molecular weight is 315 g/mol. The van der Waals surface area contributed by atoms with E-state index < -0.39 is 0 Å². The number of hydrogen-bond acceptors (Lipinski definition) is 3. The van der Waals surface area contributed by atoms with Crippen molar-refractivity contribution in [3.05, 3.63) is 57.8 Å². The van der Waals surface area contributed by atoms with E-state index >= 15 is 0 Å². The lowest BCUT2D eigenvalue weighted by Crippen LogP contribution is -2.34. The molecule has 3 nitrogen and oxygen atoms in total. The summed E-state index contributed by atoms with van der Waals surface area (Å²) in [5.74, 6) is 0.644. The zero-order valence-electron chi connectivity index (χ0n) is 12.7. The second-order valence-corrected chi connectivity index (χ2v) is 7.19. The van der Waals surface area contributed by atoms with Crippen LogP contribution in [0.3, 0.4) is 0 Å². The molecular weight excluding hydrogens is 294 g/mol. The molecule has 1 aromatic heterocycles. The van der Waals surface area contributed by atoms with Crippen LogP contribution in [0, 0.1) is 12.8 Å². The maximum Gasteiger partial charge on any atom is 0.226 e. The van der Waals surface area contributed by atoms with Gasteiger partial charge in [0.15, 0.2) is 0 Å². The Hall–Kier alpha value is -1.65. The lowest BCUT2D eigenvalue weighted by molar-refractivity contribution is -0.133. The van der Waals surface area contributed by atoms with Crippen molar-refractivity contribution in [2.24, 2.45) is 5.92 Å². The van der Waals surface area contributed by atoms with Gasteiger partial charge in [-0.25, -0.2) is 0 Å². The number of hydrogen-bond donors (Lipinski definition) is 1. The molecule has 116 valence electrons. The highest BCUT2D eigenvalue weighted by Crippen LogP contribution is 2.50. The van der Waals surface area contributed by atoms with Gasteiger partial charge in [-0.2, -0.15) is 0 Å². The Morgan fingerprint density at radius 3 is 2.68 bits per heavy atom. The van der Waals surface area contributed by atoms with Gasteiger partial charge in [0.2, 0.25) is 5.91 Å². The SMILES string of the molecule is Cc1ccc(C2CC2C(=O)N(CCO)Cc2ccccc2)s1. The van der Waals surface area contributed by atoms with E-state index in [4.69, 9.17) is 0 Å². The lowest BCUT2D eigenvalue weighted by atomic mass is 10.2. The molecule has 1 aliphatic rings. The summed E-state index contributed by atoms with van der Waals surface area (Å²) >= 11 is 1.79. The number of aliphatic hydroxyl groups is 1. The Kier molecular flexibility index (Phi) is 4.60. The second kappa shape index (κ2) is 6.63. The van der Waals surface area contributed by atoms with Crippen LogP contribution in [0.5, 0.6) is 0 Å². The number of aryl methyl sites for hydroxylation is 1. The van der Waals surface area contributed by atoms with Crippen molar-refractivity contribution in [2.75, 3.05) is 13.2 Å². The van der Waals surface area contributed by atoms with Crippen LogP contribution in [-0.4, -0.2) is 29.1 Å². The van der Waals surface area contributed by atoms with E-state index in [0.29, 0.717) is 19.0 Å². The Morgan fingerprint density at radius 2 is 2.05 bits per heavy atom. The number of thiophene rings is 1. The van der Waals surface area contributed by atoms with Crippen LogP contribution in [0.4, 0.5) is 0 Å². The minimum absolute atomic E-state index is 0.00801. The van der Waals surface area contributed by atoms with E-state index in [-0.39, 0.29) is 18.4 Å². The molecule has 0 saturated heterocycles. The van der Waals surface area contributed by atoms with E-state index in [2.05, 4.69) is 19.1 Å². The first-order chi connectivity index (χ1) is 10.7. The Morgan fingerprint density at radius 1 is 1.27 bits per heavy atom. The molecule has 2 unspecified atom stereocenters. The van der Waals surface area contributed by atoms with Gasteiger partial charge in [0.05, 0.1) is 6.61 Å². The highest BCUT2D eigenvalue weighted by Gasteiger charge is 2.46. The molecule has 22 heavy (non-hydrogen) atoms. The Bertz CT molecular complexity index is 638. The van der Waals surface area contributed by atoms with Crippen LogP contribution in [0.25, 0.3) is 0 Å². The lowest BCUT2D eigenvalue weighted by Gasteiger charge is -2.22. The molecule has 3 rings (SSSR count). The topological polar surface area (TPSA) is 40.5 Å². The Balaban J connectivity index is 1.66. The molecule has 1 amide bonds. The molecule has 2 atom stereocenters. The minimum atomic E-state index is 0.00801. The van der Waals surface area contributed by atoms with E-state index in [0.717, 1.165) is 12.0 Å². The fraction of sp³-hybridized carbons (Fsp3) is 0.389. The first-order valence-electron chi connectivity index (χ1n) is 7.69. The third kappa shape index (κ3) is 3.39. The van der Waals surface area contributed by atoms with Crippen molar-refractivity contribution in [3.63, 3.8) is 0 Å². The minimum Gasteiger partial charge on any atom is -0.395 e. The molecule has 1 saturated carbocycles. The summed E-state index contributed by atoms with van der Waals surface area (Å²) in [6, 6.07) is 14.2. The number of rotatable bonds is 6. The number of nitrogens with zero attached hydrogens (tertiary/aromatic N) is 1. The molecule has 1 N–H and O–H groups in total. The van der Waals surface area contributed by atoms with Crippen LogP contribution in [-0.2, 0) is 11.3 Å². The standard InChI is InChI=1S/C18H21NO2S/c1-13-7-8-17(22-13)15-11-16(15)18(21)19(9-10-20)12-14-5-3-2-4-6-14/h2-8,15-16,20H,9-12H2,1H3. The molecule has 0 radical (unpaired) electrons. The molecule has 1 heterocycles. The maximum atomic E-state index is 12.7. The van der Waals surface area contributed by atoms with E-state index in [1.807, 2.05) is 30.3 Å². The second-order valence-electron chi connectivity index (χ2n) is 5.87. The van der Waals surface area contributed by atoms with Gasteiger partial charge in [-0.1, -0.05) is 30.3 Å². The van der Waals surface area contributed by atoms with Crippen molar-refractivity contribution in [1.29, 1.82) is 0 Å². The molecule has 2 aromatic rings. The fourth-order valence-corrected chi connectivity index (χ4v) is 3.92. The first kappa shape index (κ1) is 15.3. The van der Waals surface area contributed by atoms with Crippen molar-refractivity contribution in [1.82, 2.24) is 4.90 Å². The average Bonchev–Trinajstić information content (AvgIpc) is 3.21. The van der Waals surface area contributed by atoms with Crippen molar-refractivity contribution in [2.45, 2.75) is 25.8 Å². The maximum absolute atomic E-state index is 12.7. The Labute approximate surface area is 135 Å². The summed E-state index contributed by atoms with van der Waals surface area (Å²) in [6.07, 6.45) is 0.940. The van der Waals surface area contributed by atoms with Crippen molar-refractivity contribution < 1.29 is 9.90 Å². The quantitative estimate of drug-likeness (QED) is 0.889. The normalized spacial score (nSPS) is 19.9. The molecule has 0 bridgehead atoms. The predicted octanol–water partition coefficient (Wildman–Crippen LogP) is 3.18. The third-order valence-corrected chi connectivity index (χ3v) is 5.26. The van der Waals surface area contributed by atoms with Gasteiger partial charge in [0.1, 0.15) is 0 Å². The van der Waals surface area contributed by atoms with E-state index in [1.165, 1.54) is 9.75 Å². The van der Waals surface area contributed by atoms with Crippen LogP contribution in [0.1, 0.15) is 27.7 Å². The molecule has 0 spiro atoms. The van der Waals surface area contributed by atoms with Crippen LogP contribution in [0.15, 0.2) is 42.5 Å². The monoisotopic (exact) mass is 315 g/mol. The highest BCUT2D eigenvalue weighted by molar-refractivity contribution is 7.12. The smallest absolute Gasteiger partial charge is 0.226 e. The molecule has 1 fully saturated rings. The van der Waals surface area contributed by atoms with Gasteiger partial charge in [0, 0.05) is 34.7 Å². The molecule has 1 aromatic carbocycles. The van der Waals surface area contributed by atoms with E-state index in [1.54, 1.807) is 16.2 Å². The first-order valence-corrected chi connectivity index (χ1v) is 8.50. The predicted molar refractivity (Wildman–Crippen MR) is 88.8 cm³/mol. The van der Waals surface area contributed by atoms with Crippen molar-refractivity contribution in [3.8, 4) is 0 Å². The number of aliphatic hydroxyl groups excluding tert-OH is 1. The van der Waals surface area contributed by atoms with Gasteiger partial charge in [0.25, 0.3) is 0 Å².